The molecular formula is C14H13FN2O3S. The number of halogens is 1. The zero-order valence-corrected chi connectivity index (χ0v) is 12.0. The normalized spacial score (nSPS) is 11.7. The molecule has 110 valence electrons. The highest BCUT2D eigenvalue weighted by Gasteiger charge is 2.21. The average Bonchev–Trinajstić information content (AvgIpc) is 3.00. The summed E-state index contributed by atoms with van der Waals surface area (Å²) in [6, 6.07) is 7.05. The van der Waals surface area contributed by atoms with E-state index in [0.717, 1.165) is 10.9 Å². The fourth-order valence-corrected chi connectivity index (χ4v) is 2.51. The Balaban J connectivity index is 2.15. The Morgan fingerprint density at radius 1 is 1.38 bits per heavy atom. The lowest BCUT2D eigenvalue weighted by Crippen LogP contribution is -2.30. The van der Waals surface area contributed by atoms with Gasteiger partial charge in [0.25, 0.3) is 5.91 Å². The van der Waals surface area contributed by atoms with Gasteiger partial charge in [0.1, 0.15) is 5.69 Å². The maximum atomic E-state index is 13.0. The highest BCUT2D eigenvalue weighted by atomic mass is 32.1. The zero-order valence-electron chi connectivity index (χ0n) is 11.2. The molecule has 0 bridgehead atoms. The molecule has 2 heterocycles. The molecule has 1 unspecified atom stereocenters. The Bertz CT molecular complexity index is 631. The molecule has 1 atom stereocenters. The van der Waals surface area contributed by atoms with Gasteiger partial charge in [-0.3, -0.25) is 9.59 Å². The minimum atomic E-state index is -0.733. The second kappa shape index (κ2) is 6.94. The van der Waals surface area contributed by atoms with Gasteiger partial charge in [0.15, 0.2) is 0 Å². The van der Waals surface area contributed by atoms with E-state index in [0.29, 0.717) is 0 Å². The molecule has 0 aliphatic rings. The van der Waals surface area contributed by atoms with Gasteiger partial charge in [-0.15, -0.1) is 11.3 Å². The van der Waals surface area contributed by atoms with Crippen LogP contribution in [0.3, 0.4) is 0 Å². The first-order chi connectivity index (χ1) is 10.1. The SMILES string of the molecule is COC(=O)CC(NC(=O)c1cccc(F)n1)c1cccs1. The van der Waals surface area contributed by atoms with Gasteiger partial charge in [-0.2, -0.15) is 4.39 Å². The Labute approximate surface area is 124 Å². The zero-order chi connectivity index (χ0) is 15.2. The molecule has 1 amide bonds. The smallest absolute Gasteiger partial charge is 0.307 e. The molecule has 0 radical (unpaired) electrons. The molecule has 2 aromatic rings. The summed E-state index contributed by atoms with van der Waals surface area (Å²) in [5, 5.41) is 4.51. The summed E-state index contributed by atoms with van der Waals surface area (Å²) in [5.74, 6) is -1.72. The number of hydrogen-bond donors (Lipinski definition) is 1. The molecule has 0 fully saturated rings. The topological polar surface area (TPSA) is 68.3 Å². The molecule has 5 nitrogen and oxygen atoms in total. The number of thiophene rings is 1. The first kappa shape index (κ1) is 15.1. The van der Waals surface area contributed by atoms with E-state index < -0.39 is 23.9 Å². The van der Waals surface area contributed by atoms with E-state index in [-0.39, 0.29) is 12.1 Å². The molecule has 0 aromatic carbocycles. The van der Waals surface area contributed by atoms with Crippen LogP contribution in [0.4, 0.5) is 4.39 Å². The monoisotopic (exact) mass is 308 g/mol. The third kappa shape index (κ3) is 4.09. The summed E-state index contributed by atoms with van der Waals surface area (Å²) in [7, 11) is 1.28. The van der Waals surface area contributed by atoms with E-state index in [9.17, 15) is 14.0 Å². The van der Waals surface area contributed by atoms with Crippen LogP contribution < -0.4 is 5.32 Å². The van der Waals surface area contributed by atoms with Crippen molar-refractivity contribution in [1.29, 1.82) is 0 Å². The number of hydrogen-bond acceptors (Lipinski definition) is 5. The molecule has 0 aliphatic carbocycles. The molecule has 21 heavy (non-hydrogen) atoms. The fraction of sp³-hybridized carbons (Fsp3) is 0.214. The first-order valence-electron chi connectivity index (χ1n) is 6.14. The average molecular weight is 308 g/mol. The molecular weight excluding hydrogens is 295 g/mol. The van der Waals surface area contributed by atoms with E-state index in [1.54, 1.807) is 6.07 Å². The lowest BCUT2D eigenvalue weighted by Gasteiger charge is -2.16. The van der Waals surface area contributed by atoms with E-state index in [2.05, 4.69) is 15.0 Å². The number of esters is 1. The van der Waals surface area contributed by atoms with Gasteiger partial charge in [0, 0.05) is 4.88 Å². The number of methoxy groups -OCH3 is 1. The molecule has 0 saturated heterocycles. The molecule has 1 N–H and O–H groups in total. The maximum Gasteiger partial charge on any atom is 0.307 e. The number of amides is 1. The molecule has 2 aromatic heterocycles. The second-order valence-corrected chi connectivity index (χ2v) is 5.15. The number of nitrogens with one attached hydrogen (secondary N) is 1. The lowest BCUT2D eigenvalue weighted by atomic mass is 10.1. The summed E-state index contributed by atoms with van der Waals surface area (Å²) in [5.41, 5.74) is -0.0404. The summed E-state index contributed by atoms with van der Waals surface area (Å²) >= 11 is 1.41. The van der Waals surface area contributed by atoms with Crippen LogP contribution in [-0.4, -0.2) is 24.0 Å². The van der Waals surface area contributed by atoms with Crippen LogP contribution in [0.1, 0.15) is 27.8 Å². The van der Waals surface area contributed by atoms with Crippen molar-refractivity contribution < 1.29 is 18.7 Å². The molecule has 7 heteroatoms. The highest BCUT2D eigenvalue weighted by Crippen LogP contribution is 2.22. The largest absolute Gasteiger partial charge is 0.469 e. The standard InChI is InChI=1S/C14H13FN2O3S/c1-20-13(18)8-10(11-5-3-7-21-11)17-14(19)9-4-2-6-12(15)16-9/h2-7,10H,8H2,1H3,(H,17,19). The van der Waals surface area contributed by atoms with Gasteiger partial charge in [-0.05, 0) is 23.6 Å². The number of carbonyl (C=O) groups is 2. The van der Waals surface area contributed by atoms with Crippen molar-refractivity contribution in [3.8, 4) is 0 Å². The molecule has 0 spiro atoms. The maximum absolute atomic E-state index is 13.0. The van der Waals surface area contributed by atoms with Gasteiger partial charge in [0.05, 0.1) is 19.6 Å². The number of aromatic nitrogens is 1. The summed E-state index contributed by atoms with van der Waals surface area (Å²) in [6.45, 7) is 0. The Hall–Kier alpha value is -2.28. The Morgan fingerprint density at radius 2 is 2.19 bits per heavy atom. The van der Waals surface area contributed by atoms with Crippen molar-refractivity contribution >= 4 is 23.2 Å². The van der Waals surface area contributed by atoms with Crippen molar-refractivity contribution in [2.75, 3.05) is 7.11 Å². The molecule has 0 saturated carbocycles. The Kier molecular flexibility index (Phi) is 4.99. The second-order valence-electron chi connectivity index (χ2n) is 4.17. The number of carbonyl (C=O) groups excluding carboxylic acids is 2. The van der Waals surface area contributed by atoms with Gasteiger partial charge < -0.3 is 10.1 Å². The fourth-order valence-electron chi connectivity index (χ4n) is 1.73. The van der Waals surface area contributed by atoms with Crippen molar-refractivity contribution in [1.82, 2.24) is 10.3 Å². The number of rotatable bonds is 5. The first-order valence-corrected chi connectivity index (χ1v) is 7.01. The van der Waals surface area contributed by atoms with E-state index in [4.69, 9.17) is 0 Å². The predicted molar refractivity (Wildman–Crippen MR) is 75.4 cm³/mol. The van der Waals surface area contributed by atoms with Crippen LogP contribution in [0.25, 0.3) is 0 Å². The molecule has 0 aliphatic heterocycles. The van der Waals surface area contributed by atoms with E-state index in [1.807, 2.05) is 11.4 Å². The Morgan fingerprint density at radius 3 is 2.81 bits per heavy atom. The van der Waals surface area contributed by atoms with Gasteiger partial charge >= 0.3 is 5.97 Å². The quantitative estimate of drug-likeness (QED) is 0.680. The summed E-state index contributed by atoms with van der Waals surface area (Å²) < 4.78 is 17.7. The number of pyridine rings is 1. The van der Waals surface area contributed by atoms with Gasteiger partial charge in [0.2, 0.25) is 5.95 Å². The van der Waals surface area contributed by atoms with Crippen LogP contribution in [-0.2, 0) is 9.53 Å². The van der Waals surface area contributed by atoms with Crippen molar-refractivity contribution in [2.45, 2.75) is 12.5 Å². The third-order valence-corrected chi connectivity index (χ3v) is 3.72. The van der Waals surface area contributed by atoms with E-state index >= 15 is 0 Å². The molecule has 2 rings (SSSR count). The third-order valence-electron chi connectivity index (χ3n) is 2.74. The van der Waals surface area contributed by atoms with Gasteiger partial charge in [-0.1, -0.05) is 12.1 Å². The highest BCUT2D eigenvalue weighted by molar-refractivity contribution is 7.10. The van der Waals surface area contributed by atoms with Crippen LogP contribution in [0.2, 0.25) is 0 Å². The van der Waals surface area contributed by atoms with E-state index in [1.165, 1.54) is 30.6 Å². The minimum absolute atomic E-state index is 0.00192. The van der Waals surface area contributed by atoms with Crippen LogP contribution in [0.5, 0.6) is 0 Å². The lowest BCUT2D eigenvalue weighted by molar-refractivity contribution is -0.141. The van der Waals surface area contributed by atoms with Crippen molar-refractivity contribution in [3.05, 3.63) is 52.2 Å². The van der Waals surface area contributed by atoms with Crippen molar-refractivity contribution in [2.24, 2.45) is 0 Å². The summed E-state index contributed by atoms with van der Waals surface area (Å²) in [6.07, 6.45) is -0.00192. The van der Waals surface area contributed by atoms with Crippen molar-refractivity contribution in [3.63, 3.8) is 0 Å². The number of nitrogens with zero attached hydrogens (tertiary/aromatic N) is 1. The van der Waals surface area contributed by atoms with Gasteiger partial charge in [-0.25, -0.2) is 4.98 Å². The van der Waals surface area contributed by atoms with Crippen LogP contribution >= 0.6 is 11.3 Å². The van der Waals surface area contributed by atoms with Crippen LogP contribution in [0, 0.1) is 5.95 Å². The number of ether oxygens (including phenoxy) is 1. The van der Waals surface area contributed by atoms with Crippen LogP contribution in [0.15, 0.2) is 35.7 Å². The predicted octanol–water partition coefficient (Wildman–Crippen LogP) is 2.32. The minimum Gasteiger partial charge on any atom is -0.469 e. The summed E-state index contributed by atoms with van der Waals surface area (Å²) in [4.78, 5) is 27.9.